The first-order valence-electron chi connectivity index (χ1n) is 7.14. The molecule has 0 aliphatic heterocycles. The number of aromatic nitrogens is 3. The van der Waals surface area contributed by atoms with Gasteiger partial charge in [0.05, 0.1) is 23.3 Å². The van der Waals surface area contributed by atoms with E-state index in [0.29, 0.717) is 17.5 Å². The Labute approximate surface area is 142 Å². The molecule has 1 N–H and O–H groups in total. The molecule has 0 aliphatic rings. The summed E-state index contributed by atoms with van der Waals surface area (Å²) in [6.45, 7) is 4.33. The van der Waals surface area contributed by atoms with E-state index < -0.39 is 10.2 Å². The minimum absolute atomic E-state index is 0.121. The lowest BCUT2D eigenvalue weighted by molar-refractivity contribution is -0.384. The number of ether oxygens (including phenoxy) is 1. The summed E-state index contributed by atoms with van der Waals surface area (Å²) in [5.74, 6) is -0.0166. The number of benzene rings is 1. The van der Waals surface area contributed by atoms with Gasteiger partial charge in [0, 0.05) is 6.54 Å². The zero-order valence-corrected chi connectivity index (χ0v) is 14.2. The average Bonchev–Trinajstić information content (AvgIpc) is 3.01. The molecular formula is C14H17N5O4S. The van der Waals surface area contributed by atoms with Crippen LogP contribution in [0.2, 0.25) is 0 Å². The summed E-state index contributed by atoms with van der Waals surface area (Å²) in [5.41, 5.74) is -0.105. The lowest BCUT2D eigenvalue weighted by Gasteiger charge is -2.12. The Bertz CT molecular complexity index is 749. The molecule has 0 radical (unpaired) electrons. The summed E-state index contributed by atoms with van der Waals surface area (Å²) < 4.78 is 6.78. The lowest BCUT2D eigenvalue weighted by atomic mass is 10.2. The highest BCUT2D eigenvalue weighted by Gasteiger charge is 2.22. The van der Waals surface area contributed by atoms with E-state index in [2.05, 4.69) is 15.5 Å². The van der Waals surface area contributed by atoms with Gasteiger partial charge in [-0.1, -0.05) is 11.8 Å². The second-order valence-electron chi connectivity index (χ2n) is 4.79. The number of rotatable bonds is 7. The number of anilines is 1. The van der Waals surface area contributed by atoms with Crippen molar-refractivity contribution in [1.29, 1.82) is 0 Å². The van der Waals surface area contributed by atoms with Crippen molar-refractivity contribution in [3.8, 4) is 5.75 Å². The molecule has 0 bridgehead atoms. The predicted octanol–water partition coefficient (Wildman–Crippen LogP) is 2.33. The third kappa shape index (κ3) is 4.02. The van der Waals surface area contributed by atoms with E-state index in [9.17, 15) is 14.9 Å². The van der Waals surface area contributed by atoms with Gasteiger partial charge >= 0.3 is 0 Å². The quantitative estimate of drug-likeness (QED) is 0.463. The minimum atomic E-state index is -0.566. The molecule has 0 saturated carbocycles. The average molecular weight is 351 g/mol. The van der Waals surface area contributed by atoms with Gasteiger partial charge in [0.25, 0.3) is 5.69 Å². The molecule has 1 atom stereocenters. The maximum Gasteiger partial charge on any atom is 0.296 e. The van der Waals surface area contributed by atoms with Crippen molar-refractivity contribution < 1.29 is 14.5 Å². The van der Waals surface area contributed by atoms with Gasteiger partial charge in [-0.25, -0.2) is 0 Å². The van der Waals surface area contributed by atoms with E-state index in [1.54, 1.807) is 19.3 Å². The van der Waals surface area contributed by atoms with Gasteiger partial charge in [-0.3, -0.25) is 14.9 Å². The van der Waals surface area contributed by atoms with Crippen molar-refractivity contribution in [3.63, 3.8) is 0 Å². The molecule has 9 nitrogen and oxygen atoms in total. The van der Waals surface area contributed by atoms with Crippen LogP contribution in [0.5, 0.6) is 5.75 Å². The number of hydrogen-bond acceptors (Lipinski definition) is 7. The molecule has 2 rings (SSSR count). The number of nitrogens with zero attached hydrogens (tertiary/aromatic N) is 4. The highest BCUT2D eigenvalue weighted by Crippen LogP contribution is 2.30. The first-order valence-corrected chi connectivity index (χ1v) is 8.02. The zero-order valence-electron chi connectivity index (χ0n) is 13.4. The van der Waals surface area contributed by atoms with Crippen LogP contribution in [-0.4, -0.2) is 38.0 Å². The first kappa shape index (κ1) is 17.7. The van der Waals surface area contributed by atoms with E-state index in [0.717, 1.165) is 0 Å². The largest absolute Gasteiger partial charge is 0.496 e. The van der Waals surface area contributed by atoms with E-state index in [1.807, 2.05) is 11.5 Å². The Balaban J connectivity index is 2.12. The van der Waals surface area contributed by atoms with Gasteiger partial charge in [-0.15, -0.1) is 10.2 Å². The summed E-state index contributed by atoms with van der Waals surface area (Å²) in [6, 6.07) is 4.26. The summed E-state index contributed by atoms with van der Waals surface area (Å²) in [7, 11) is 1.42. The number of nitro benzene ring substituents is 1. The van der Waals surface area contributed by atoms with Crippen molar-refractivity contribution in [1.82, 2.24) is 14.8 Å². The maximum atomic E-state index is 12.3. The SMILES string of the molecule is CCn1cnnc1S[C@H](C)C(=O)Nc1ccc(OC)cc1[N+](=O)[O-]. The highest BCUT2D eigenvalue weighted by molar-refractivity contribution is 8.00. The van der Waals surface area contributed by atoms with Crippen LogP contribution in [0.4, 0.5) is 11.4 Å². The molecule has 1 aromatic heterocycles. The van der Waals surface area contributed by atoms with Gasteiger partial charge in [0.2, 0.25) is 5.91 Å². The topological polar surface area (TPSA) is 112 Å². The molecule has 0 unspecified atom stereocenters. The van der Waals surface area contributed by atoms with Crippen LogP contribution in [-0.2, 0) is 11.3 Å². The van der Waals surface area contributed by atoms with Crippen molar-refractivity contribution in [3.05, 3.63) is 34.6 Å². The minimum Gasteiger partial charge on any atom is -0.496 e. The van der Waals surface area contributed by atoms with E-state index in [4.69, 9.17) is 4.74 Å². The molecule has 1 heterocycles. The van der Waals surface area contributed by atoms with Crippen LogP contribution < -0.4 is 10.1 Å². The summed E-state index contributed by atoms with van der Waals surface area (Å²) in [6.07, 6.45) is 1.58. The first-order chi connectivity index (χ1) is 11.5. The van der Waals surface area contributed by atoms with Gasteiger partial charge in [-0.2, -0.15) is 0 Å². The smallest absolute Gasteiger partial charge is 0.296 e. The number of carbonyl (C=O) groups is 1. The number of aryl methyl sites for hydroxylation is 1. The Kier molecular flexibility index (Phi) is 5.74. The molecule has 128 valence electrons. The predicted molar refractivity (Wildman–Crippen MR) is 89.3 cm³/mol. The highest BCUT2D eigenvalue weighted by atomic mass is 32.2. The van der Waals surface area contributed by atoms with Crippen LogP contribution in [0.1, 0.15) is 13.8 Å². The summed E-state index contributed by atoms with van der Waals surface area (Å²) >= 11 is 1.23. The fourth-order valence-corrected chi connectivity index (χ4v) is 2.78. The van der Waals surface area contributed by atoms with E-state index in [1.165, 1.54) is 31.0 Å². The van der Waals surface area contributed by atoms with E-state index >= 15 is 0 Å². The fraction of sp³-hybridized carbons (Fsp3) is 0.357. The van der Waals surface area contributed by atoms with Crippen molar-refractivity contribution in [2.75, 3.05) is 12.4 Å². The molecule has 10 heteroatoms. The lowest BCUT2D eigenvalue weighted by Crippen LogP contribution is -2.23. The summed E-state index contributed by atoms with van der Waals surface area (Å²) in [5, 5.41) is 21.6. The number of nitrogens with one attached hydrogen (secondary N) is 1. The number of nitro groups is 1. The molecular weight excluding hydrogens is 334 g/mol. The normalized spacial score (nSPS) is 11.8. The van der Waals surface area contributed by atoms with Gasteiger partial charge < -0.3 is 14.6 Å². The van der Waals surface area contributed by atoms with Gasteiger partial charge in [0.1, 0.15) is 17.8 Å². The van der Waals surface area contributed by atoms with Crippen LogP contribution >= 0.6 is 11.8 Å². The second kappa shape index (κ2) is 7.77. The van der Waals surface area contributed by atoms with Crippen molar-refractivity contribution in [2.24, 2.45) is 0 Å². The molecule has 2 aromatic rings. The zero-order chi connectivity index (χ0) is 17.7. The Morgan fingerprint density at radius 2 is 2.29 bits per heavy atom. The van der Waals surface area contributed by atoms with E-state index in [-0.39, 0.29) is 17.3 Å². The third-order valence-electron chi connectivity index (χ3n) is 3.23. The molecule has 0 fully saturated rings. The van der Waals surface area contributed by atoms with Crippen LogP contribution in [0.3, 0.4) is 0 Å². The van der Waals surface area contributed by atoms with Gasteiger partial charge in [0.15, 0.2) is 5.16 Å². The number of thioether (sulfide) groups is 1. The number of methoxy groups -OCH3 is 1. The van der Waals surface area contributed by atoms with Crippen molar-refractivity contribution >= 4 is 29.0 Å². The maximum absolute atomic E-state index is 12.3. The molecule has 0 saturated heterocycles. The Morgan fingerprint density at radius 3 is 2.92 bits per heavy atom. The molecule has 0 spiro atoms. The molecule has 24 heavy (non-hydrogen) atoms. The molecule has 0 aliphatic carbocycles. The van der Waals surface area contributed by atoms with Gasteiger partial charge in [-0.05, 0) is 26.0 Å². The standard InChI is InChI=1S/C14H17N5O4S/c1-4-18-8-15-17-14(18)24-9(2)13(20)16-11-6-5-10(23-3)7-12(11)19(21)22/h5-9H,4H2,1-3H3,(H,16,20)/t9-/m1/s1. The number of hydrogen-bond donors (Lipinski definition) is 1. The van der Waals surface area contributed by atoms with Crippen LogP contribution in [0.25, 0.3) is 0 Å². The number of amides is 1. The third-order valence-corrected chi connectivity index (χ3v) is 4.33. The Morgan fingerprint density at radius 1 is 1.54 bits per heavy atom. The van der Waals surface area contributed by atoms with Crippen LogP contribution in [0.15, 0.2) is 29.7 Å². The Hall–Kier alpha value is -2.62. The fourth-order valence-electron chi connectivity index (χ4n) is 1.89. The second-order valence-corrected chi connectivity index (χ2v) is 6.10. The molecule has 1 aromatic carbocycles. The van der Waals surface area contributed by atoms with Crippen molar-refractivity contribution in [2.45, 2.75) is 30.8 Å². The number of carbonyl (C=O) groups excluding carboxylic acids is 1. The summed E-state index contributed by atoms with van der Waals surface area (Å²) in [4.78, 5) is 22.9. The monoisotopic (exact) mass is 351 g/mol. The van der Waals surface area contributed by atoms with Crippen LogP contribution in [0, 0.1) is 10.1 Å². The molecule has 1 amide bonds.